The van der Waals surface area contributed by atoms with Crippen LogP contribution >= 0.6 is 0 Å². The Hall–Kier alpha value is -0.160. The van der Waals surface area contributed by atoms with Crippen molar-refractivity contribution in [3.8, 4) is 0 Å². The van der Waals surface area contributed by atoms with Crippen molar-refractivity contribution in [2.45, 2.75) is 38.2 Å². The maximum atomic E-state index is 9.65. The molecule has 4 heteroatoms. The molecule has 2 heterocycles. The van der Waals surface area contributed by atoms with Crippen molar-refractivity contribution in [1.29, 1.82) is 0 Å². The standard InChI is InChI=1S/C12H24N2O2/c15-9-5-11-3-7-13(8-4-11)14-6-1-2-12(16)10-14/h11-12,15-16H,1-10H2. The fourth-order valence-corrected chi connectivity index (χ4v) is 2.87. The number of rotatable bonds is 3. The molecule has 4 nitrogen and oxygen atoms in total. The van der Waals surface area contributed by atoms with Crippen molar-refractivity contribution >= 4 is 0 Å². The summed E-state index contributed by atoms with van der Waals surface area (Å²) in [5, 5.41) is 23.3. The molecular formula is C12H24N2O2. The van der Waals surface area contributed by atoms with Gasteiger partial charge in [0.05, 0.1) is 6.10 Å². The topological polar surface area (TPSA) is 46.9 Å². The Morgan fingerprint density at radius 2 is 1.75 bits per heavy atom. The third-order valence-electron chi connectivity index (χ3n) is 3.90. The van der Waals surface area contributed by atoms with Crippen LogP contribution in [0.4, 0.5) is 0 Å². The van der Waals surface area contributed by atoms with Gasteiger partial charge in [0, 0.05) is 32.8 Å². The second-order valence-corrected chi connectivity index (χ2v) is 5.12. The van der Waals surface area contributed by atoms with E-state index in [1.54, 1.807) is 0 Å². The molecule has 0 aromatic rings. The monoisotopic (exact) mass is 228 g/mol. The zero-order valence-electron chi connectivity index (χ0n) is 10.0. The molecule has 2 fully saturated rings. The molecule has 0 saturated carbocycles. The highest BCUT2D eigenvalue weighted by Crippen LogP contribution is 2.23. The quantitative estimate of drug-likeness (QED) is 0.736. The van der Waals surface area contributed by atoms with Gasteiger partial charge < -0.3 is 10.2 Å². The highest BCUT2D eigenvalue weighted by Gasteiger charge is 2.26. The normalized spacial score (nSPS) is 30.8. The first-order valence-corrected chi connectivity index (χ1v) is 6.58. The van der Waals surface area contributed by atoms with Crippen LogP contribution in [0.2, 0.25) is 0 Å². The average Bonchev–Trinajstić information content (AvgIpc) is 2.30. The van der Waals surface area contributed by atoms with E-state index in [-0.39, 0.29) is 6.10 Å². The van der Waals surface area contributed by atoms with Gasteiger partial charge in [-0.3, -0.25) is 0 Å². The van der Waals surface area contributed by atoms with E-state index in [0.717, 1.165) is 45.4 Å². The lowest BCUT2D eigenvalue weighted by molar-refractivity contribution is -0.0920. The van der Waals surface area contributed by atoms with E-state index in [1.165, 1.54) is 12.8 Å². The zero-order chi connectivity index (χ0) is 11.4. The molecule has 2 rings (SSSR count). The molecule has 0 radical (unpaired) electrons. The molecule has 94 valence electrons. The number of hydrogen-bond donors (Lipinski definition) is 2. The summed E-state index contributed by atoms with van der Waals surface area (Å²) >= 11 is 0. The second-order valence-electron chi connectivity index (χ2n) is 5.12. The third-order valence-corrected chi connectivity index (χ3v) is 3.90. The van der Waals surface area contributed by atoms with Gasteiger partial charge in [-0.1, -0.05) is 0 Å². The maximum Gasteiger partial charge on any atom is 0.0681 e. The van der Waals surface area contributed by atoms with Crippen LogP contribution in [0.1, 0.15) is 32.1 Å². The van der Waals surface area contributed by atoms with E-state index >= 15 is 0 Å². The fraction of sp³-hybridized carbons (Fsp3) is 1.00. The molecule has 2 N–H and O–H groups in total. The molecule has 2 saturated heterocycles. The Labute approximate surface area is 97.8 Å². The number of nitrogens with zero attached hydrogens (tertiary/aromatic N) is 2. The highest BCUT2D eigenvalue weighted by molar-refractivity contribution is 4.75. The minimum absolute atomic E-state index is 0.135. The van der Waals surface area contributed by atoms with Gasteiger partial charge in [0.2, 0.25) is 0 Å². The van der Waals surface area contributed by atoms with Gasteiger partial charge in [0.15, 0.2) is 0 Å². The van der Waals surface area contributed by atoms with Crippen LogP contribution in [0, 0.1) is 5.92 Å². The summed E-state index contributed by atoms with van der Waals surface area (Å²) in [7, 11) is 0. The molecule has 0 aliphatic carbocycles. The molecule has 1 atom stereocenters. The van der Waals surface area contributed by atoms with Crippen molar-refractivity contribution in [3.05, 3.63) is 0 Å². The predicted octanol–water partition coefficient (Wildman–Crippen LogP) is 0.452. The largest absolute Gasteiger partial charge is 0.396 e. The molecule has 16 heavy (non-hydrogen) atoms. The number of aliphatic hydroxyl groups is 2. The number of hydrogen-bond acceptors (Lipinski definition) is 4. The van der Waals surface area contributed by atoms with Gasteiger partial charge in [-0.15, -0.1) is 0 Å². The first-order valence-electron chi connectivity index (χ1n) is 6.58. The van der Waals surface area contributed by atoms with E-state index in [4.69, 9.17) is 5.11 Å². The highest BCUT2D eigenvalue weighted by atomic mass is 16.3. The van der Waals surface area contributed by atoms with Crippen LogP contribution in [0.5, 0.6) is 0 Å². The first-order chi connectivity index (χ1) is 7.79. The smallest absolute Gasteiger partial charge is 0.0681 e. The zero-order valence-corrected chi connectivity index (χ0v) is 10.0. The van der Waals surface area contributed by atoms with Crippen LogP contribution in [0.15, 0.2) is 0 Å². The molecule has 0 spiro atoms. The van der Waals surface area contributed by atoms with Gasteiger partial charge in [0.25, 0.3) is 0 Å². The van der Waals surface area contributed by atoms with Crippen LogP contribution in [-0.2, 0) is 0 Å². The minimum Gasteiger partial charge on any atom is -0.396 e. The summed E-state index contributed by atoms with van der Waals surface area (Å²) in [6, 6.07) is 0. The summed E-state index contributed by atoms with van der Waals surface area (Å²) in [6.45, 7) is 4.42. The van der Waals surface area contributed by atoms with Gasteiger partial charge >= 0.3 is 0 Å². The van der Waals surface area contributed by atoms with Crippen LogP contribution in [0.3, 0.4) is 0 Å². The van der Waals surface area contributed by atoms with E-state index in [2.05, 4.69) is 10.0 Å². The van der Waals surface area contributed by atoms with E-state index < -0.39 is 0 Å². The van der Waals surface area contributed by atoms with Gasteiger partial charge in [0.1, 0.15) is 0 Å². The molecule has 2 aliphatic rings. The first kappa shape index (κ1) is 12.3. The van der Waals surface area contributed by atoms with Gasteiger partial charge in [-0.25, -0.2) is 10.0 Å². The van der Waals surface area contributed by atoms with Crippen LogP contribution in [0.25, 0.3) is 0 Å². The van der Waals surface area contributed by atoms with Crippen molar-refractivity contribution < 1.29 is 10.2 Å². The number of piperidine rings is 2. The van der Waals surface area contributed by atoms with Crippen molar-refractivity contribution in [2.75, 3.05) is 32.8 Å². The molecule has 1 unspecified atom stereocenters. The predicted molar refractivity (Wildman–Crippen MR) is 62.8 cm³/mol. The lowest BCUT2D eigenvalue weighted by Crippen LogP contribution is -2.52. The van der Waals surface area contributed by atoms with E-state index in [1.807, 2.05) is 0 Å². The van der Waals surface area contributed by atoms with Crippen molar-refractivity contribution in [3.63, 3.8) is 0 Å². The average molecular weight is 228 g/mol. The molecule has 0 aromatic carbocycles. The minimum atomic E-state index is -0.135. The Morgan fingerprint density at radius 3 is 2.38 bits per heavy atom. The van der Waals surface area contributed by atoms with E-state index in [0.29, 0.717) is 12.5 Å². The summed E-state index contributed by atoms with van der Waals surface area (Å²) in [5.74, 6) is 0.705. The molecule has 0 bridgehead atoms. The number of hydrazine groups is 1. The van der Waals surface area contributed by atoms with Gasteiger partial charge in [-0.05, 0) is 38.0 Å². The summed E-state index contributed by atoms with van der Waals surface area (Å²) < 4.78 is 0. The number of β-amino-alcohol motifs (C(OH)–C–C–N with tert-alkyl or cyclic N) is 1. The van der Waals surface area contributed by atoms with Gasteiger partial charge in [-0.2, -0.15) is 0 Å². The van der Waals surface area contributed by atoms with Crippen molar-refractivity contribution in [1.82, 2.24) is 10.0 Å². The fourth-order valence-electron chi connectivity index (χ4n) is 2.87. The van der Waals surface area contributed by atoms with E-state index in [9.17, 15) is 5.11 Å². The Morgan fingerprint density at radius 1 is 1.00 bits per heavy atom. The maximum absolute atomic E-state index is 9.65. The number of aliphatic hydroxyl groups excluding tert-OH is 2. The van der Waals surface area contributed by atoms with Crippen LogP contribution < -0.4 is 0 Å². The summed E-state index contributed by atoms with van der Waals surface area (Å²) in [5.41, 5.74) is 0. The van der Waals surface area contributed by atoms with Crippen molar-refractivity contribution in [2.24, 2.45) is 5.92 Å². The Bertz CT molecular complexity index is 205. The lowest BCUT2D eigenvalue weighted by Gasteiger charge is -2.42. The molecular weight excluding hydrogens is 204 g/mol. The molecule has 0 aromatic heterocycles. The van der Waals surface area contributed by atoms with Crippen LogP contribution in [-0.4, -0.2) is 59.1 Å². The molecule has 0 amide bonds. The summed E-state index contributed by atoms with van der Waals surface area (Å²) in [4.78, 5) is 0. The third kappa shape index (κ3) is 3.17. The summed E-state index contributed by atoms with van der Waals surface area (Å²) in [6.07, 6.45) is 5.26. The SMILES string of the molecule is OCCC1CCN(N2CCCC(O)C2)CC1. The Balaban J connectivity index is 1.75. The second kappa shape index (κ2) is 5.96. The lowest BCUT2D eigenvalue weighted by atomic mass is 9.94. The molecule has 2 aliphatic heterocycles. The Kier molecular flexibility index (Phi) is 4.58.